The molecule has 0 aromatic heterocycles. The Bertz CT molecular complexity index is 253. The third kappa shape index (κ3) is 3.66. The topological polar surface area (TPSA) is 47.6 Å². The molecule has 98 valence electrons. The number of hydrogen-bond donors (Lipinski definition) is 2. The van der Waals surface area contributed by atoms with Crippen molar-refractivity contribution in [2.75, 3.05) is 52.9 Å². The first-order chi connectivity index (χ1) is 8.29. The number of likely N-dealkylation sites (tertiary alicyclic amines) is 1. The van der Waals surface area contributed by atoms with Gasteiger partial charge >= 0.3 is 0 Å². The summed E-state index contributed by atoms with van der Waals surface area (Å²) in [6.45, 7) is 6.27. The molecule has 0 bridgehead atoms. The van der Waals surface area contributed by atoms with Gasteiger partial charge < -0.3 is 15.5 Å². The summed E-state index contributed by atoms with van der Waals surface area (Å²) < 4.78 is 0. The third-order valence-electron chi connectivity index (χ3n) is 3.74. The fourth-order valence-electron chi connectivity index (χ4n) is 2.64. The van der Waals surface area contributed by atoms with Crippen molar-refractivity contribution >= 4 is 5.91 Å². The summed E-state index contributed by atoms with van der Waals surface area (Å²) in [5, 5.41) is 6.58. The van der Waals surface area contributed by atoms with Crippen LogP contribution in [0.4, 0.5) is 0 Å². The SMILES string of the molecule is CNC1CCCN(CC(=O)N2CCNCC2)C1. The largest absolute Gasteiger partial charge is 0.339 e. The van der Waals surface area contributed by atoms with Crippen molar-refractivity contribution in [2.24, 2.45) is 0 Å². The number of nitrogens with zero attached hydrogens (tertiary/aromatic N) is 2. The maximum Gasteiger partial charge on any atom is 0.236 e. The number of rotatable bonds is 3. The predicted octanol–water partition coefficient (Wildman–Crippen LogP) is -0.898. The minimum absolute atomic E-state index is 0.295. The average molecular weight is 240 g/mol. The average Bonchev–Trinajstić information content (AvgIpc) is 2.40. The summed E-state index contributed by atoms with van der Waals surface area (Å²) in [6, 6.07) is 0.555. The summed E-state index contributed by atoms with van der Waals surface area (Å²) >= 11 is 0. The fourth-order valence-corrected chi connectivity index (χ4v) is 2.64. The maximum absolute atomic E-state index is 12.1. The highest BCUT2D eigenvalue weighted by molar-refractivity contribution is 5.78. The summed E-state index contributed by atoms with van der Waals surface area (Å²) in [5.41, 5.74) is 0. The molecule has 0 radical (unpaired) electrons. The first-order valence-electron chi connectivity index (χ1n) is 6.67. The monoisotopic (exact) mass is 240 g/mol. The minimum atomic E-state index is 0.295. The molecule has 5 heteroatoms. The van der Waals surface area contributed by atoms with E-state index in [2.05, 4.69) is 15.5 Å². The van der Waals surface area contributed by atoms with Crippen LogP contribution in [0.3, 0.4) is 0 Å². The second-order valence-corrected chi connectivity index (χ2v) is 4.99. The highest BCUT2D eigenvalue weighted by Gasteiger charge is 2.23. The lowest BCUT2D eigenvalue weighted by molar-refractivity contribution is -0.133. The molecule has 0 saturated carbocycles. The molecule has 1 amide bonds. The van der Waals surface area contributed by atoms with Crippen LogP contribution in [-0.2, 0) is 4.79 Å². The van der Waals surface area contributed by atoms with Crippen molar-refractivity contribution in [2.45, 2.75) is 18.9 Å². The lowest BCUT2D eigenvalue weighted by atomic mass is 10.1. The normalized spacial score (nSPS) is 27.1. The molecule has 2 heterocycles. The second-order valence-electron chi connectivity index (χ2n) is 4.99. The van der Waals surface area contributed by atoms with Crippen LogP contribution in [0.5, 0.6) is 0 Å². The first-order valence-corrected chi connectivity index (χ1v) is 6.67. The number of carbonyl (C=O) groups excluding carboxylic acids is 1. The van der Waals surface area contributed by atoms with Crippen molar-refractivity contribution in [3.05, 3.63) is 0 Å². The van der Waals surface area contributed by atoms with Gasteiger partial charge in [-0.05, 0) is 26.4 Å². The Kier molecular flexibility index (Phi) is 4.76. The Morgan fingerprint density at radius 2 is 2.12 bits per heavy atom. The molecule has 1 atom stereocenters. The van der Waals surface area contributed by atoms with Gasteiger partial charge in [-0.1, -0.05) is 0 Å². The van der Waals surface area contributed by atoms with Crippen LogP contribution in [0.2, 0.25) is 0 Å². The first kappa shape index (κ1) is 12.8. The number of carbonyl (C=O) groups is 1. The zero-order valence-corrected chi connectivity index (χ0v) is 10.7. The Labute approximate surface area is 104 Å². The molecule has 2 rings (SSSR count). The molecule has 2 aliphatic heterocycles. The van der Waals surface area contributed by atoms with Gasteiger partial charge in [-0.15, -0.1) is 0 Å². The van der Waals surface area contributed by atoms with Crippen LogP contribution < -0.4 is 10.6 Å². The Morgan fingerprint density at radius 3 is 2.82 bits per heavy atom. The third-order valence-corrected chi connectivity index (χ3v) is 3.74. The molecule has 0 aromatic carbocycles. The minimum Gasteiger partial charge on any atom is -0.339 e. The van der Waals surface area contributed by atoms with Crippen molar-refractivity contribution in [1.29, 1.82) is 0 Å². The van der Waals surface area contributed by atoms with Crippen LogP contribution >= 0.6 is 0 Å². The Morgan fingerprint density at radius 1 is 1.35 bits per heavy atom. The zero-order chi connectivity index (χ0) is 12.1. The molecule has 0 aromatic rings. The van der Waals surface area contributed by atoms with Crippen molar-refractivity contribution < 1.29 is 4.79 Å². The van der Waals surface area contributed by atoms with Gasteiger partial charge in [0.05, 0.1) is 6.54 Å². The quantitative estimate of drug-likeness (QED) is 0.671. The standard InChI is InChI=1S/C12H24N4O/c1-13-11-3-2-6-15(9-11)10-12(17)16-7-4-14-5-8-16/h11,13-14H,2-10H2,1H3. The van der Waals surface area contributed by atoms with Gasteiger partial charge in [0.15, 0.2) is 0 Å². The van der Waals surface area contributed by atoms with E-state index in [1.165, 1.54) is 12.8 Å². The molecule has 1 unspecified atom stereocenters. The van der Waals surface area contributed by atoms with E-state index in [1.807, 2.05) is 11.9 Å². The van der Waals surface area contributed by atoms with Crippen LogP contribution in [0.15, 0.2) is 0 Å². The number of likely N-dealkylation sites (N-methyl/N-ethyl adjacent to an activating group) is 1. The fraction of sp³-hybridized carbons (Fsp3) is 0.917. The van der Waals surface area contributed by atoms with Gasteiger partial charge in [-0.3, -0.25) is 9.69 Å². The van der Waals surface area contributed by atoms with E-state index in [4.69, 9.17) is 0 Å². The van der Waals surface area contributed by atoms with E-state index >= 15 is 0 Å². The van der Waals surface area contributed by atoms with Crippen molar-refractivity contribution in [1.82, 2.24) is 20.4 Å². The van der Waals surface area contributed by atoms with Crippen molar-refractivity contribution in [3.8, 4) is 0 Å². The molecule has 2 N–H and O–H groups in total. The van der Waals surface area contributed by atoms with Gasteiger partial charge in [0.1, 0.15) is 0 Å². The van der Waals surface area contributed by atoms with Crippen LogP contribution in [-0.4, -0.2) is 74.6 Å². The molecule has 0 aliphatic carbocycles. The molecule has 2 saturated heterocycles. The van der Waals surface area contributed by atoms with E-state index in [-0.39, 0.29) is 0 Å². The Balaban J connectivity index is 1.77. The van der Waals surface area contributed by atoms with Crippen molar-refractivity contribution in [3.63, 3.8) is 0 Å². The van der Waals surface area contributed by atoms with Crippen LogP contribution in [0, 0.1) is 0 Å². The molecule has 2 fully saturated rings. The van der Waals surface area contributed by atoms with E-state index in [9.17, 15) is 4.79 Å². The van der Waals surface area contributed by atoms with E-state index < -0.39 is 0 Å². The molecule has 5 nitrogen and oxygen atoms in total. The summed E-state index contributed by atoms with van der Waals surface area (Å²) in [4.78, 5) is 16.4. The smallest absolute Gasteiger partial charge is 0.236 e. The molecular formula is C12H24N4O. The van der Waals surface area contributed by atoms with E-state index in [0.29, 0.717) is 18.5 Å². The number of piperazine rings is 1. The zero-order valence-electron chi connectivity index (χ0n) is 10.7. The Hall–Kier alpha value is -0.650. The second kappa shape index (κ2) is 6.33. The molecule has 2 aliphatic rings. The summed E-state index contributed by atoms with van der Waals surface area (Å²) in [6.07, 6.45) is 2.43. The predicted molar refractivity (Wildman–Crippen MR) is 68.0 cm³/mol. The lowest BCUT2D eigenvalue weighted by Gasteiger charge is -2.34. The number of hydrogen-bond acceptors (Lipinski definition) is 4. The summed E-state index contributed by atoms with van der Waals surface area (Å²) in [7, 11) is 2.01. The van der Waals surface area contributed by atoms with Gasteiger partial charge in [0, 0.05) is 38.8 Å². The molecular weight excluding hydrogens is 216 g/mol. The number of piperidine rings is 1. The molecule has 17 heavy (non-hydrogen) atoms. The van der Waals surface area contributed by atoms with E-state index in [0.717, 1.165) is 39.3 Å². The van der Waals surface area contributed by atoms with Gasteiger partial charge in [0.25, 0.3) is 0 Å². The highest BCUT2D eigenvalue weighted by atomic mass is 16.2. The van der Waals surface area contributed by atoms with Gasteiger partial charge in [-0.25, -0.2) is 0 Å². The summed E-state index contributed by atoms with van der Waals surface area (Å²) in [5.74, 6) is 0.295. The van der Waals surface area contributed by atoms with Gasteiger partial charge in [-0.2, -0.15) is 0 Å². The van der Waals surface area contributed by atoms with Crippen LogP contribution in [0.25, 0.3) is 0 Å². The van der Waals surface area contributed by atoms with Gasteiger partial charge in [0.2, 0.25) is 5.91 Å². The molecule has 0 spiro atoms. The van der Waals surface area contributed by atoms with Crippen LogP contribution in [0.1, 0.15) is 12.8 Å². The van der Waals surface area contributed by atoms with E-state index in [1.54, 1.807) is 0 Å². The number of amides is 1. The highest BCUT2D eigenvalue weighted by Crippen LogP contribution is 2.09. The lowest BCUT2D eigenvalue weighted by Crippen LogP contribution is -2.52. The maximum atomic E-state index is 12.1. The number of nitrogens with one attached hydrogen (secondary N) is 2.